The molecule has 42 heavy (non-hydrogen) atoms. The highest BCUT2D eigenvalue weighted by Crippen LogP contribution is 2.44. The van der Waals surface area contributed by atoms with Crippen LogP contribution in [0.15, 0.2) is 49.1 Å². The molecule has 222 valence electrons. The van der Waals surface area contributed by atoms with Crippen LogP contribution in [-0.4, -0.2) is 74.9 Å². The number of ether oxygens (including phenoxy) is 2. The van der Waals surface area contributed by atoms with Gasteiger partial charge in [-0.25, -0.2) is 14.6 Å². The lowest BCUT2D eigenvalue weighted by atomic mass is 9.90. The van der Waals surface area contributed by atoms with Crippen molar-refractivity contribution in [1.29, 1.82) is 0 Å². The number of piperazine rings is 1. The third kappa shape index (κ3) is 6.29. The van der Waals surface area contributed by atoms with Gasteiger partial charge in [0.05, 0.1) is 48.2 Å². The molecule has 2 aliphatic rings. The number of hydrogen-bond donors (Lipinski definition) is 1. The first kappa shape index (κ1) is 29.6. The lowest BCUT2D eigenvalue weighted by Gasteiger charge is -2.39. The van der Waals surface area contributed by atoms with Crippen LogP contribution in [-0.2, 0) is 16.5 Å². The topological polar surface area (TPSA) is 102 Å². The van der Waals surface area contributed by atoms with Crippen molar-refractivity contribution in [2.24, 2.45) is 7.05 Å². The van der Waals surface area contributed by atoms with Crippen LogP contribution in [0.5, 0.6) is 0 Å². The zero-order chi connectivity index (χ0) is 30.0. The molecule has 0 bridgehead atoms. The molecule has 2 aromatic heterocycles. The van der Waals surface area contributed by atoms with E-state index in [4.69, 9.17) is 26.1 Å². The number of alkyl carbamates (subject to hydrolysis) is 1. The first-order chi connectivity index (χ1) is 20.1. The maximum atomic E-state index is 13.0. The molecule has 1 N–H and O–H groups in total. The van der Waals surface area contributed by atoms with E-state index < -0.39 is 12.1 Å². The van der Waals surface area contributed by atoms with Gasteiger partial charge in [-0.1, -0.05) is 23.7 Å². The molecule has 1 aliphatic carbocycles. The van der Waals surface area contributed by atoms with Gasteiger partial charge in [0.25, 0.3) is 0 Å². The molecule has 5 rings (SSSR count). The van der Waals surface area contributed by atoms with Crippen LogP contribution in [0.3, 0.4) is 0 Å². The smallest absolute Gasteiger partial charge is 0.410 e. The maximum Gasteiger partial charge on any atom is 0.410 e. The van der Waals surface area contributed by atoms with E-state index >= 15 is 0 Å². The summed E-state index contributed by atoms with van der Waals surface area (Å²) < 4.78 is 12.8. The van der Waals surface area contributed by atoms with E-state index in [1.807, 2.05) is 69.6 Å². The number of hydrogen-bond acceptors (Lipinski definition) is 7. The second kappa shape index (κ2) is 12.5. The highest BCUT2D eigenvalue weighted by atomic mass is 35.5. The molecule has 11 heteroatoms. The van der Waals surface area contributed by atoms with E-state index in [0.717, 1.165) is 33.7 Å². The number of benzene rings is 1. The third-order valence-electron chi connectivity index (χ3n) is 7.40. The van der Waals surface area contributed by atoms with Gasteiger partial charge in [0.15, 0.2) is 0 Å². The van der Waals surface area contributed by atoms with Crippen LogP contribution in [0.4, 0.5) is 9.59 Å². The van der Waals surface area contributed by atoms with Gasteiger partial charge in [0.2, 0.25) is 0 Å². The number of carbonyl (C=O) groups is 2. The molecule has 1 aromatic carbocycles. The Morgan fingerprint density at radius 3 is 2.45 bits per heavy atom. The predicted octanol–water partition coefficient (Wildman–Crippen LogP) is 5.45. The number of imidazole rings is 1. The van der Waals surface area contributed by atoms with Crippen molar-refractivity contribution in [3.05, 3.63) is 82.2 Å². The Balaban J connectivity index is 1.59. The molecule has 10 nitrogen and oxygen atoms in total. The molecule has 2 atom stereocenters. The molecule has 1 saturated heterocycles. The Bertz CT molecular complexity index is 1480. The number of rotatable bonds is 6. The van der Waals surface area contributed by atoms with Crippen molar-refractivity contribution in [3.63, 3.8) is 0 Å². The maximum absolute atomic E-state index is 13.0. The molecule has 0 saturated carbocycles. The fraction of sp³-hybridized carbons (Fsp3) is 0.419. The van der Waals surface area contributed by atoms with E-state index in [2.05, 4.69) is 21.3 Å². The van der Waals surface area contributed by atoms with Crippen molar-refractivity contribution in [1.82, 2.24) is 29.7 Å². The molecule has 0 unspecified atom stereocenters. The molecule has 3 aromatic rings. The molecule has 0 radical (unpaired) electrons. The van der Waals surface area contributed by atoms with Crippen molar-refractivity contribution >= 4 is 35.4 Å². The largest absolute Gasteiger partial charge is 0.447 e. The molecule has 1 aliphatic heterocycles. The summed E-state index contributed by atoms with van der Waals surface area (Å²) in [5.41, 5.74) is 5.35. The summed E-state index contributed by atoms with van der Waals surface area (Å²) in [6.07, 6.45) is 6.04. The van der Waals surface area contributed by atoms with Gasteiger partial charge in [0.1, 0.15) is 0 Å². The number of halogens is 1. The Labute approximate surface area is 251 Å². The number of fused-ring (bicyclic) bond motifs is 2. The summed E-state index contributed by atoms with van der Waals surface area (Å²) in [7, 11) is 1.89. The SMILES string of the molecule is CC(C)OC(=O)N[C@H](C1=Cc2cccnc2[C@@H](N2CCN(C(=O)OC(C)C)CC2)c2ccc(Cl)cc21)c1cncn1C. The molecule has 3 heterocycles. The third-order valence-corrected chi connectivity index (χ3v) is 7.64. The van der Waals surface area contributed by atoms with Gasteiger partial charge in [-0.2, -0.15) is 0 Å². The summed E-state index contributed by atoms with van der Waals surface area (Å²) in [5, 5.41) is 3.66. The highest BCUT2D eigenvalue weighted by molar-refractivity contribution is 6.30. The van der Waals surface area contributed by atoms with Gasteiger partial charge in [-0.15, -0.1) is 0 Å². The first-order valence-electron chi connectivity index (χ1n) is 14.2. The quantitative estimate of drug-likeness (QED) is 0.406. The Kier molecular flexibility index (Phi) is 8.84. The van der Waals surface area contributed by atoms with Crippen molar-refractivity contribution in [2.45, 2.75) is 52.0 Å². The normalized spacial score (nSPS) is 17.7. The summed E-state index contributed by atoms with van der Waals surface area (Å²) in [4.78, 5) is 38.9. The summed E-state index contributed by atoms with van der Waals surface area (Å²) in [6.45, 7) is 9.67. The van der Waals surface area contributed by atoms with Crippen LogP contribution >= 0.6 is 11.6 Å². The minimum atomic E-state index is -0.588. The number of carbonyl (C=O) groups excluding carboxylic acids is 2. The lowest BCUT2D eigenvalue weighted by molar-refractivity contribution is 0.0513. The van der Waals surface area contributed by atoms with E-state index in [-0.39, 0.29) is 24.3 Å². The van der Waals surface area contributed by atoms with Gasteiger partial charge < -0.3 is 24.3 Å². The van der Waals surface area contributed by atoms with Crippen molar-refractivity contribution < 1.29 is 19.1 Å². The van der Waals surface area contributed by atoms with Gasteiger partial charge >= 0.3 is 12.2 Å². The Morgan fingerprint density at radius 1 is 1.05 bits per heavy atom. The van der Waals surface area contributed by atoms with Gasteiger partial charge in [0, 0.05) is 44.4 Å². The van der Waals surface area contributed by atoms with Crippen LogP contribution in [0.25, 0.3) is 11.6 Å². The second-order valence-electron chi connectivity index (χ2n) is 11.1. The number of aromatic nitrogens is 3. The van der Waals surface area contributed by atoms with E-state index in [9.17, 15) is 9.59 Å². The Morgan fingerprint density at radius 2 is 1.79 bits per heavy atom. The van der Waals surface area contributed by atoms with Crippen molar-refractivity contribution in [3.8, 4) is 0 Å². The average molecular weight is 593 g/mol. The summed E-state index contributed by atoms with van der Waals surface area (Å²) in [5.74, 6) is 0. The molecule has 2 amide bonds. The van der Waals surface area contributed by atoms with Gasteiger partial charge in [-0.05, 0) is 74.2 Å². The van der Waals surface area contributed by atoms with Crippen LogP contribution in [0, 0.1) is 0 Å². The van der Waals surface area contributed by atoms with E-state index in [1.54, 1.807) is 23.6 Å². The van der Waals surface area contributed by atoms with Crippen LogP contribution in [0.2, 0.25) is 5.02 Å². The van der Waals surface area contributed by atoms with Gasteiger partial charge in [-0.3, -0.25) is 9.88 Å². The fourth-order valence-electron chi connectivity index (χ4n) is 5.56. The fourth-order valence-corrected chi connectivity index (χ4v) is 5.73. The Hall–Kier alpha value is -3.89. The molecule has 0 spiro atoms. The number of nitrogens with one attached hydrogen (secondary N) is 1. The standard InChI is InChI=1S/C31H37ClN6O4/c1-19(2)41-30(39)35-28(26-17-33-18-36(26)5)25-15-21-7-6-10-34-27(21)29(23-9-8-22(32)16-24(23)25)37-11-13-38(14-12-37)31(40)42-20(3)4/h6-10,15-20,28-29H,11-14H2,1-5H3,(H,35,39)/t28-,29+/m1/s1. The monoisotopic (exact) mass is 592 g/mol. The first-order valence-corrected chi connectivity index (χ1v) is 14.6. The zero-order valence-electron chi connectivity index (χ0n) is 24.6. The lowest BCUT2D eigenvalue weighted by Crippen LogP contribution is -2.50. The second-order valence-corrected chi connectivity index (χ2v) is 11.6. The average Bonchev–Trinajstić information content (AvgIpc) is 3.31. The van der Waals surface area contributed by atoms with Crippen molar-refractivity contribution in [2.75, 3.05) is 26.2 Å². The van der Waals surface area contributed by atoms with E-state index in [0.29, 0.717) is 31.2 Å². The number of amides is 2. The molecular formula is C31H37ClN6O4. The summed E-state index contributed by atoms with van der Waals surface area (Å²) >= 11 is 6.63. The minimum Gasteiger partial charge on any atom is -0.447 e. The molecular weight excluding hydrogens is 556 g/mol. The van der Waals surface area contributed by atoms with Crippen LogP contribution < -0.4 is 5.32 Å². The summed E-state index contributed by atoms with van der Waals surface area (Å²) in [6, 6.07) is 9.01. The number of nitrogens with zero attached hydrogens (tertiary/aromatic N) is 5. The van der Waals surface area contributed by atoms with E-state index in [1.165, 1.54) is 0 Å². The zero-order valence-corrected chi connectivity index (χ0v) is 25.3. The predicted molar refractivity (Wildman–Crippen MR) is 161 cm³/mol. The molecule has 1 fully saturated rings. The minimum absolute atomic E-state index is 0.173. The number of pyridine rings is 1. The highest BCUT2D eigenvalue weighted by Gasteiger charge is 2.36. The van der Waals surface area contributed by atoms with Crippen LogP contribution in [0.1, 0.15) is 67.9 Å². The number of aryl methyl sites for hydroxylation is 1.